The SMILES string of the molecule is Oc1ccc(Cl)c2[nH]nnc12. The maximum atomic E-state index is 9.20. The highest BCUT2D eigenvalue weighted by Gasteiger charge is 2.05. The Morgan fingerprint density at radius 2 is 2.27 bits per heavy atom. The van der Waals surface area contributed by atoms with E-state index in [1.807, 2.05) is 0 Å². The second-order valence-corrected chi connectivity index (χ2v) is 2.51. The minimum absolute atomic E-state index is 0.0816. The maximum Gasteiger partial charge on any atom is 0.156 e. The Labute approximate surface area is 66.8 Å². The summed E-state index contributed by atoms with van der Waals surface area (Å²) in [5.41, 5.74) is 0.962. The fraction of sp³-hybridized carbons (Fsp3) is 0. The number of nitrogens with zero attached hydrogens (tertiary/aromatic N) is 2. The van der Waals surface area contributed by atoms with E-state index in [1.165, 1.54) is 6.07 Å². The van der Waals surface area contributed by atoms with Gasteiger partial charge in [0.05, 0.1) is 5.02 Å². The molecule has 0 fully saturated rings. The number of phenols is 1. The van der Waals surface area contributed by atoms with Crippen LogP contribution >= 0.6 is 11.6 Å². The highest BCUT2D eigenvalue weighted by Crippen LogP contribution is 2.26. The van der Waals surface area contributed by atoms with Crippen LogP contribution in [0.1, 0.15) is 0 Å². The van der Waals surface area contributed by atoms with Crippen molar-refractivity contribution in [1.82, 2.24) is 15.4 Å². The van der Waals surface area contributed by atoms with Crippen molar-refractivity contribution in [2.75, 3.05) is 0 Å². The number of benzene rings is 1. The summed E-state index contributed by atoms with van der Waals surface area (Å²) in [6.07, 6.45) is 0. The van der Waals surface area contributed by atoms with Gasteiger partial charge in [0.2, 0.25) is 0 Å². The molecule has 0 aliphatic rings. The summed E-state index contributed by atoms with van der Waals surface area (Å²) in [7, 11) is 0. The van der Waals surface area contributed by atoms with E-state index >= 15 is 0 Å². The molecule has 0 radical (unpaired) electrons. The van der Waals surface area contributed by atoms with Crippen LogP contribution in [0.3, 0.4) is 0 Å². The molecule has 11 heavy (non-hydrogen) atoms. The van der Waals surface area contributed by atoms with Crippen molar-refractivity contribution in [3.05, 3.63) is 17.2 Å². The van der Waals surface area contributed by atoms with Gasteiger partial charge < -0.3 is 5.11 Å². The number of halogens is 1. The quantitative estimate of drug-likeness (QED) is 0.625. The first-order valence-corrected chi connectivity index (χ1v) is 3.35. The number of aromatic nitrogens is 3. The number of nitrogens with one attached hydrogen (secondary N) is 1. The molecule has 0 unspecified atom stereocenters. The van der Waals surface area contributed by atoms with Crippen LogP contribution in [0.5, 0.6) is 5.75 Å². The summed E-state index contributed by atoms with van der Waals surface area (Å²) in [5, 5.41) is 19.4. The lowest BCUT2D eigenvalue weighted by Crippen LogP contribution is -1.72. The number of fused-ring (bicyclic) bond motifs is 1. The maximum absolute atomic E-state index is 9.20. The molecule has 2 aromatic rings. The first kappa shape index (κ1) is 6.42. The first-order chi connectivity index (χ1) is 5.29. The molecule has 5 heteroatoms. The molecule has 4 nitrogen and oxygen atoms in total. The Balaban J connectivity index is 2.96. The van der Waals surface area contributed by atoms with Gasteiger partial charge in [-0.15, -0.1) is 5.10 Å². The van der Waals surface area contributed by atoms with Gasteiger partial charge in [-0.3, -0.25) is 5.10 Å². The number of phenolic OH excluding ortho intramolecular Hbond substituents is 1. The summed E-state index contributed by atoms with van der Waals surface area (Å²) >= 11 is 5.75. The molecule has 0 aliphatic heterocycles. The number of rotatable bonds is 0. The molecule has 0 aliphatic carbocycles. The van der Waals surface area contributed by atoms with Crippen molar-refractivity contribution in [3.63, 3.8) is 0 Å². The molecule has 0 atom stereocenters. The molecule has 2 N–H and O–H groups in total. The average Bonchev–Trinajstić information content (AvgIpc) is 2.45. The second-order valence-electron chi connectivity index (χ2n) is 2.10. The standard InChI is InChI=1S/C6H4ClN3O/c7-3-1-2-4(11)6-5(3)8-10-9-6/h1-2,11H,(H,8,9,10). The normalized spacial score (nSPS) is 10.6. The van der Waals surface area contributed by atoms with Crippen molar-refractivity contribution in [1.29, 1.82) is 0 Å². The second kappa shape index (κ2) is 2.10. The number of aromatic amines is 1. The predicted octanol–water partition coefficient (Wildman–Crippen LogP) is 1.32. The molecular weight excluding hydrogens is 166 g/mol. The van der Waals surface area contributed by atoms with Crippen molar-refractivity contribution in [2.24, 2.45) is 0 Å². The van der Waals surface area contributed by atoms with E-state index in [9.17, 15) is 5.11 Å². The van der Waals surface area contributed by atoms with Gasteiger partial charge in [0.15, 0.2) is 5.52 Å². The Morgan fingerprint density at radius 1 is 1.45 bits per heavy atom. The van der Waals surface area contributed by atoms with Crippen molar-refractivity contribution < 1.29 is 5.11 Å². The molecule has 2 rings (SSSR count). The molecule has 0 saturated carbocycles. The summed E-state index contributed by atoms with van der Waals surface area (Å²) in [6.45, 7) is 0. The zero-order chi connectivity index (χ0) is 7.84. The van der Waals surface area contributed by atoms with E-state index in [2.05, 4.69) is 15.4 Å². The topological polar surface area (TPSA) is 61.8 Å². The number of hydrogen-bond donors (Lipinski definition) is 2. The third-order valence-electron chi connectivity index (χ3n) is 1.42. The van der Waals surface area contributed by atoms with Crippen LogP contribution in [0.2, 0.25) is 5.02 Å². The van der Waals surface area contributed by atoms with E-state index in [0.29, 0.717) is 16.1 Å². The van der Waals surface area contributed by atoms with Gasteiger partial charge in [-0.05, 0) is 12.1 Å². The highest BCUT2D eigenvalue weighted by atomic mass is 35.5. The van der Waals surface area contributed by atoms with E-state index in [4.69, 9.17) is 11.6 Å². The van der Waals surface area contributed by atoms with Crippen LogP contribution in [-0.2, 0) is 0 Å². The molecule has 0 amide bonds. The van der Waals surface area contributed by atoms with Crippen LogP contribution in [0.15, 0.2) is 12.1 Å². The Bertz CT molecular complexity index is 362. The van der Waals surface area contributed by atoms with Crippen molar-refractivity contribution >= 4 is 22.6 Å². The molecule has 56 valence electrons. The summed E-state index contributed by atoms with van der Waals surface area (Å²) in [4.78, 5) is 0. The fourth-order valence-corrected chi connectivity index (χ4v) is 1.08. The van der Waals surface area contributed by atoms with Gasteiger partial charge in [0, 0.05) is 0 Å². The smallest absolute Gasteiger partial charge is 0.156 e. The highest BCUT2D eigenvalue weighted by molar-refractivity contribution is 6.35. The summed E-state index contributed by atoms with van der Waals surface area (Å²) < 4.78 is 0. The van der Waals surface area contributed by atoms with E-state index < -0.39 is 0 Å². The molecule has 1 heterocycles. The predicted molar refractivity (Wildman–Crippen MR) is 40.6 cm³/mol. The molecule has 0 bridgehead atoms. The van der Waals surface area contributed by atoms with Crippen LogP contribution in [0.4, 0.5) is 0 Å². The van der Waals surface area contributed by atoms with E-state index in [-0.39, 0.29) is 5.75 Å². The van der Waals surface area contributed by atoms with Crippen LogP contribution in [0.25, 0.3) is 11.0 Å². The largest absolute Gasteiger partial charge is 0.506 e. The monoisotopic (exact) mass is 169 g/mol. The lowest BCUT2D eigenvalue weighted by atomic mass is 10.3. The fourth-order valence-electron chi connectivity index (χ4n) is 0.888. The summed E-state index contributed by atoms with van der Waals surface area (Å²) in [5.74, 6) is 0.0816. The van der Waals surface area contributed by atoms with Gasteiger partial charge in [-0.2, -0.15) is 0 Å². The summed E-state index contributed by atoms with van der Waals surface area (Å²) in [6, 6.07) is 3.06. The third-order valence-corrected chi connectivity index (χ3v) is 1.73. The lowest BCUT2D eigenvalue weighted by Gasteiger charge is -1.92. The van der Waals surface area contributed by atoms with Crippen molar-refractivity contribution in [3.8, 4) is 5.75 Å². The molecular formula is C6H4ClN3O. The molecule has 0 saturated heterocycles. The van der Waals surface area contributed by atoms with Gasteiger partial charge in [0.25, 0.3) is 0 Å². The van der Waals surface area contributed by atoms with E-state index in [0.717, 1.165) is 0 Å². The Kier molecular flexibility index (Phi) is 1.22. The number of hydrogen-bond acceptors (Lipinski definition) is 3. The van der Waals surface area contributed by atoms with Gasteiger partial charge >= 0.3 is 0 Å². The van der Waals surface area contributed by atoms with Crippen molar-refractivity contribution in [2.45, 2.75) is 0 Å². The molecule has 1 aromatic carbocycles. The van der Waals surface area contributed by atoms with Gasteiger partial charge in [0.1, 0.15) is 11.3 Å². The zero-order valence-corrected chi connectivity index (χ0v) is 6.13. The third kappa shape index (κ3) is 0.832. The Morgan fingerprint density at radius 3 is 3.00 bits per heavy atom. The number of H-pyrrole nitrogens is 1. The number of aromatic hydroxyl groups is 1. The minimum atomic E-state index is 0.0816. The lowest BCUT2D eigenvalue weighted by molar-refractivity contribution is 0.480. The average molecular weight is 170 g/mol. The van der Waals surface area contributed by atoms with E-state index in [1.54, 1.807) is 6.07 Å². The van der Waals surface area contributed by atoms with Gasteiger partial charge in [-0.1, -0.05) is 16.8 Å². The molecule has 0 spiro atoms. The van der Waals surface area contributed by atoms with Crippen LogP contribution in [0, 0.1) is 0 Å². The molecule has 1 aromatic heterocycles. The van der Waals surface area contributed by atoms with Gasteiger partial charge in [-0.25, -0.2) is 0 Å². The van der Waals surface area contributed by atoms with Crippen LogP contribution in [-0.4, -0.2) is 20.5 Å². The minimum Gasteiger partial charge on any atom is -0.506 e. The van der Waals surface area contributed by atoms with Crippen LogP contribution < -0.4 is 0 Å². The Hall–Kier alpha value is -1.29. The zero-order valence-electron chi connectivity index (χ0n) is 5.37. The first-order valence-electron chi connectivity index (χ1n) is 2.97.